The molecule has 2 saturated heterocycles. The second-order valence-corrected chi connectivity index (χ2v) is 7.58. The zero-order valence-electron chi connectivity index (χ0n) is 11.3. The Balaban J connectivity index is 2.20. The summed E-state index contributed by atoms with van der Waals surface area (Å²) < 4.78 is 0. The Morgan fingerprint density at radius 2 is 1.53 bits per heavy atom. The molecular formula is C14H27N. The minimum Gasteiger partial charge on any atom is -0.292 e. The molecule has 3 atom stereocenters. The van der Waals surface area contributed by atoms with Crippen LogP contribution < -0.4 is 0 Å². The highest BCUT2D eigenvalue weighted by molar-refractivity contribution is 5.06. The van der Waals surface area contributed by atoms with E-state index >= 15 is 0 Å². The van der Waals surface area contributed by atoms with Crippen molar-refractivity contribution < 1.29 is 0 Å². The van der Waals surface area contributed by atoms with E-state index in [1.807, 2.05) is 0 Å². The molecule has 1 nitrogen and oxygen atoms in total. The van der Waals surface area contributed by atoms with Crippen LogP contribution in [0.4, 0.5) is 0 Å². The molecule has 0 saturated carbocycles. The molecule has 0 aliphatic carbocycles. The molecule has 0 aromatic rings. The van der Waals surface area contributed by atoms with Crippen molar-refractivity contribution in [2.24, 2.45) is 11.3 Å². The lowest BCUT2D eigenvalue weighted by Crippen LogP contribution is -2.46. The molecule has 2 fully saturated rings. The van der Waals surface area contributed by atoms with Crippen LogP contribution in [0.5, 0.6) is 0 Å². The highest BCUT2D eigenvalue weighted by atomic mass is 15.3. The summed E-state index contributed by atoms with van der Waals surface area (Å²) in [6.07, 6.45) is 4.31. The van der Waals surface area contributed by atoms with Gasteiger partial charge in [0.2, 0.25) is 0 Å². The summed E-state index contributed by atoms with van der Waals surface area (Å²) in [6.45, 7) is 14.4. The van der Waals surface area contributed by atoms with Gasteiger partial charge in [-0.3, -0.25) is 4.90 Å². The van der Waals surface area contributed by atoms with Crippen LogP contribution in [0.25, 0.3) is 0 Å². The Morgan fingerprint density at radius 3 is 1.87 bits per heavy atom. The zero-order valence-corrected chi connectivity index (χ0v) is 11.3. The van der Waals surface area contributed by atoms with Gasteiger partial charge in [0, 0.05) is 17.6 Å². The van der Waals surface area contributed by atoms with Crippen LogP contribution >= 0.6 is 0 Å². The predicted molar refractivity (Wildman–Crippen MR) is 66.0 cm³/mol. The Labute approximate surface area is 95.2 Å². The number of nitrogens with zero attached hydrogens (tertiary/aromatic N) is 1. The van der Waals surface area contributed by atoms with E-state index in [4.69, 9.17) is 0 Å². The minimum atomic E-state index is 0.367. The van der Waals surface area contributed by atoms with Gasteiger partial charge >= 0.3 is 0 Å². The first-order valence-corrected chi connectivity index (χ1v) is 6.50. The van der Waals surface area contributed by atoms with Gasteiger partial charge in [-0.2, -0.15) is 0 Å². The molecule has 2 aliphatic rings. The fourth-order valence-electron chi connectivity index (χ4n) is 3.96. The van der Waals surface area contributed by atoms with Gasteiger partial charge in [0.15, 0.2) is 0 Å². The van der Waals surface area contributed by atoms with Crippen LogP contribution in [0.3, 0.4) is 0 Å². The summed E-state index contributed by atoms with van der Waals surface area (Å²) in [6, 6.07) is 1.73. The molecule has 0 radical (unpaired) electrons. The van der Waals surface area contributed by atoms with Crippen LogP contribution in [0, 0.1) is 11.3 Å². The monoisotopic (exact) mass is 209 g/mol. The van der Waals surface area contributed by atoms with E-state index in [1.165, 1.54) is 19.3 Å². The maximum atomic E-state index is 2.81. The molecule has 2 aliphatic heterocycles. The van der Waals surface area contributed by atoms with Crippen LogP contribution in [0.1, 0.15) is 60.8 Å². The van der Waals surface area contributed by atoms with Crippen molar-refractivity contribution in [3.63, 3.8) is 0 Å². The third kappa shape index (κ3) is 1.84. The van der Waals surface area contributed by atoms with Crippen molar-refractivity contribution >= 4 is 0 Å². The van der Waals surface area contributed by atoms with Crippen molar-refractivity contribution in [2.75, 3.05) is 0 Å². The van der Waals surface area contributed by atoms with E-state index in [0.29, 0.717) is 11.0 Å². The largest absolute Gasteiger partial charge is 0.292 e. The molecule has 88 valence electrons. The quantitative estimate of drug-likeness (QED) is 0.588. The zero-order chi connectivity index (χ0) is 11.4. The van der Waals surface area contributed by atoms with E-state index < -0.39 is 0 Å². The molecule has 0 N–H and O–H groups in total. The topological polar surface area (TPSA) is 3.24 Å². The smallest absolute Gasteiger partial charge is 0.0138 e. The second kappa shape index (κ2) is 3.23. The molecule has 0 spiro atoms. The molecule has 0 aromatic carbocycles. The van der Waals surface area contributed by atoms with Crippen LogP contribution in [-0.2, 0) is 0 Å². The van der Waals surface area contributed by atoms with Crippen molar-refractivity contribution in [1.29, 1.82) is 0 Å². The molecule has 2 bridgehead atoms. The fraction of sp³-hybridized carbons (Fsp3) is 1.00. The SMILES string of the molecule is CC(C)(C)[C@H]1CC2CC[C@H]1N2C(C)(C)C. The van der Waals surface area contributed by atoms with Gasteiger partial charge < -0.3 is 0 Å². The van der Waals surface area contributed by atoms with Crippen molar-refractivity contribution in [3.8, 4) is 0 Å². The number of fused-ring (bicyclic) bond motifs is 2. The third-order valence-corrected chi connectivity index (χ3v) is 4.42. The summed E-state index contributed by atoms with van der Waals surface area (Å²) in [5.74, 6) is 0.912. The molecule has 2 rings (SSSR count). The van der Waals surface area contributed by atoms with Crippen LogP contribution in [0.2, 0.25) is 0 Å². The minimum absolute atomic E-state index is 0.367. The lowest BCUT2D eigenvalue weighted by atomic mass is 9.72. The summed E-state index contributed by atoms with van der Waals surface area (Å²) in [5, 5.41) is 0. The van der Waals surface area contributed by atoms with Gasteiger partial charge in [-0.15, -0.1) is 0 Å². The normalized spacial score (nSPS) is 37.6. The number of rotatable bonds is 0. The number of hydrogen-bond acceptors (Lipinski definition) is 1. The Morgan fingerprint density at radius 1 is 0.933 bits per heavy atom. The van der Waals surface area contributed by atoms with Gasteiger partial charge in [0.05, 0.1) is 0 Å². The first kappa shape index (κ1) is 11.4. The van der Waals surface area contributed by atoms with E-state index in [9.17, 15) is 0 Å². The average Bonchev–Trinajstić information content (AvgIpc) is 2.55. The van der Waals surface area contributed by atoms with Crippen molar-refractivity contribution in [2.45, 2.75) is 78.4 Å². The molecule has 1 unspecified atom stereocenters. The maximum Gasteiger partial charge on any atom is 0.0138 e. The maximum absolute atomic E-state index is 2.81. The highest BCUT2D eigenvalue weighted by Gasteiger charge is 2.52. The summed E-state index contributed by atoms with van der Waals surface area (Å²) >= 11 is 0. The Kier molecular flexibility index (Phi) is 2.46. The molecule has 15 heavy (non-hydrogen) atoms. The lowest BCUT2D eigenvalue weighted by Gasteiger charge is -2.39. The Hall–Kier alpha value is -0.0400. The summed E-state index contributed by atoms with van der Waals surface area (Å²) in [7, 11) is 0. The summed E-state index contributed by atoms with van der Waals surface area (Å²) in [5.41, 5.74) is 0.856. The molecule has 2 heterocycles. The first-order valence-electron chi connectivity index (χ1n) is 6.50. The standard InChI is InChI=1S/C14H27N/c1-13(2,3)11-9-10-7-8-12(11)15(10)14(4,5)6/h10-12H,7-9H2,1-6H3/t10?,11-,12+/m0/s1. The van der Waals surface area contributed by atoms with Crippen LogP contribution in [-0.4, -0.2) is 22.5 Å². The molecule has 0 amide bonds. The van der Waals surface area contributed by atoms with Gasteiger partial charge in [0.1, 0.15) is 0 Å². The first-order chi connectivity index (χ1) is 6.71. The van der Waals surface area contributed by atoms with E-state index in [2.05, 4.69) is 46.4 Å². The molecule has 1 heteroatoms. The van der Waals surface area contributed by atoms with Crippen molar-refractivity contribution in [3.05, 3.63) is 0 Å². The summed E-state index contributed by atoms with van der Waals surface area (Å²) in [4.78, 5) is 2.81. The third-order valence-electron chi connectivity index (χ3n) is 4.42. The predicted octanol–water partition coefficient (Wildman–Crippen LogP) is 3.68. The van der Waals surface area contributed by atoms with E-state index in [-0.39, 0.29) is 0 Å². The van der Waals surface area contributed by atoms with Gasteiger partial charge in [-0.05, 0) is 51.4 Å². The van der Waals surface area contributed by atoms with Crippen molar-refractivity contribution in [1.82, 2.24) is 4.90 Å². The molecular weight excluding hydrogens is 182 g/mol. The number of hydrogen-bond donors (Lipinski definition) is 0. The van der Waals surface area contributed by atoms with E-state index in [0.717, 1.165) is 18.0 Å². The lowest BCUT2D eigenvalue weighted by molar-refractivity contribution is 0.0887. The fourth-order valence-corrected chi connectivity index (χ4v) is 3.96. The average molecular weight is 209 g/mol. The van der Waals surface area contributed by atoms with Gasteiger partial charge in [0.25, 0.3) is 0 Å². The van der Waals surface area contributed by atoms with Crippen LogP contribution in [0.15, 0.2) is 0 Å². The van der Waals surface area contributed by atoms with Gasteiger partial charge in [-0.25, -0.2) is 0 Å². The molecule has 0 aromatic heterocycles. The van der Waals surface area contributed by atoms with E-state index in [1.54, 1.807) is 0 Å². The van der Waals surface area contributed by atoms with Gasteiger partial charge in [-0.1, -0.05) is 20.8 Å². The Bertz CT molecular complexity index is 243. The second-order valence-electron chi connectivity index (χ2n) is 7.58. The highest BCUT2D eigenvalue weighted by Crippen LogP contribution is 2.51.